The second kappa shape index (κ2) is 12.1. The average molecular weight is 595 g/mol. The summed E-state index contributed by atoms with van der Waals surface area (Å²) in [5.74, 6) is -0.389. The molecule has 4 rings (SSSR count). The molecule has 1 saturated heterocycles. The molecule has 1 aliphatic rings. The Hall–Kier alpha value is -2.89. The molecular formula is C30H38F4N2O4Si. The summed E-state index contributed by atoms with van der Waals surface area (Å²) in [6, 6.07) is 11.0. The highest BCUT2D eigenvalue weighted by Gasteiger charge is 2.39. The van der Waals surface area contributed by atoms with Crippen LogP contribution in [0.25, 0.3) is 10.9 Å². The lowest BCUT2D eigenvalue weighted by Gasteiger charge is -2.41. The Morgan fingerprint density at radius 3 is 2.34 bits per heavy atom. The van der Waals surface area contributed by atoms with Crippen molar-refractivity contribution in [3.63, 3.8) is 0 Å². The number of ether oxygens (including phenoxy) is 2. The summed E-state index contributed by atoms with van der Waals surface area (Å²) in [7, 11) is -1.30. The molecule has 3 aromatic rings. The minimum Gasteiger partial charge on any atom is -0.465 e. The van der Waals surface area contributed by atoms with Gasteiger partial charge in [-0.1, -0.05) is 31.8 Å². The van der Waals surface area contributed by atoms with Crippen molar-refractivity contribution in [2.45, 2.75) is 69.9 Å². The highest BCUT2D eigenvalue weighted by molar-refractivity contribution is 6.76. The number of carbonyl (C=O) groups is 1. The van der Waals surface area contributed by atoms with E-state index in [1.807, 2.05) is 4.57 Å². The standard InChI is InChI=1S/C30H38F4N2O4Si/c1-21(40-19-29(23-5-7-25(31)8-6-23)10-13-35(14-11-29)28(37)38)26-18-24(30(32,33)34)17-22-9-12-36(27(22)26)20-39-15-16-41(2,3)4/h5-9,12,17-18,21H,10-11,13-16,19-20H2,1-4H3,(H,37,38). The highest BCUT2D eigenvalue weighted by Crippen LogP contribution is 2.40. The summed E-state index contributed by atoms with van der Waals surface area (Å²) in [5.41, 5.74) is 0.456. The van der Waals surface area contributed by atoms with E-state index in [-0.39, 0.29) is 32.2 Å². The molecule has 1 fully saturated rings. The van der Waals surface area contributed by atoms with Crippen LogP contribution in [-0.4, -0.2) is 55.0 Å². The molecule has 41 heavy (non-hydrogen) atoms. The first-order valence-corrected chi connectivity index (χ1v) is 17.5. The molecule has 0 spiro atoms. The van der Waals surface area contributed by atoms with Gasteiger partial charge in [0.2, 0.25) is 0 Å². The Morgan fingerprint density at radius 2 is 1.76 bits per heavy atom. The van der Waals surface area contributed by atoms with Gasteiger partial charge in [0, 0.05) is 50.3 Å². The molecule has 1 N–H and O–H groups in total. The Bertz CT molecular complexity index is 1340. The lowest BCUT2D eigenvalue weighted by Crippen LogP contribution is -2.47. The van der Waals surface area contributed by atoms with E-state index in [2.05, 4.69) is 19.6 Å². The van der Waals surface area contributed by atoms with Crippen molar-refractivity contribution >= 4 is 25.1 Å². The number of likely N-dealkylation sites (tertiary alicyclic amines) is 1. The zero-order valence-electron chi connectivity index (χ0n) is 23.9. The van der Waals surface area contributed by atoms with Crippen molar-refractivity contribution in [3.8, 4) is 0 Å². The molecule has 0 bridgehead atoms. The first-order valence-electron chi connectivity index (χ1n) is 13.8. The van der Waals surface area contributed by atoms with E-state index in [4.69, 9.17) is 9.47 Å². The van der Waals surface area contributed by atoms with Gasteiger partial charge in [0.1, 0.15) is 12.5 Å². The van der Waals surface area contributed by atoms with E-state index in [1.165, 1.54) is 17.0 Å². The Kier molecular flexibility index (Phi) is 9.20. The molecule has 11 heteroatoms. The second-order valence-electron chi connectivity index (χ2n) is 12.1. The van der Waals surface area contributed by atoms with E-state index in [9.17, 15) is 27.5 Å². The fourth-order valence-electron chi connectivity index (χ4n) is 5.33. The molecular weight excluding hydrogens is 556 g/mol. The van der Waals surface area contributed by atoms with Crippen molar-refractivity contribution < 1.29 is 36.9 Å². The van der Waals surface area contributed by atoms with Gasteiger partial charge in [0.15, 0.2) is 0 Å². The molecule has 0 aliphatic carbocycles. The molecule has 1 amide bonds. The van der Waals surface area contributed by atoms with E-state index in [0.29, 0.717) is 35.9 Å². The molecule has 1 atom stereocenters. The van der Waals surface area contributed by atoms with E-state index in [1.54, 1.807) is 31.3 Å². The fourth-order valence-corrected chi connectivity index (χ4v) is 6.08. The van der Waals surface area contributed by atoms with Crippen molar-refractivity contribution in [2.24, 2.45) is 0 Å². The minimum atomic E-state index is -4.53. The van der Waals surface area contributed by atoms with Crippen LogP contribution in [0, 0.1) is 5.82 Å². The number of carboxylic acid groups (broad SMARTS) is 1. The normalized spacial score (nSPS) is 16.7. The van der Waals surface area contributed by atoms with Gasteiger partial charge < -0.3 is 24.0 Å². The molecule has 224 valence electrons. The first-order chi connectivity index (χ1) is 19.2. The summed E-state index contributed by atoms with van der Waals surface area (Å²) >= 11 is 0. The summed E-state index contributed by atoms with van der Waals surface area (Å²) in [4.78, 5) is 12.9. The zero-order valence-corrected chi connectivity index (χ0v) is 24.9. The zero-order chi connectivity index (χ0) is 30.0. The van der Waals surface area contributed by atoms with Gasteiger partial charge in [0.25, 0.3) is 0 Å². The average Bonchev–Trinajstić information content (AvgIpc) is 3.32. The maximum Gasteiger partial charge on any atom is 0.416 e. The first kappa shape index (κ1) is 31.1. The van der Waals surface area contributed by atoms with Gasteiger partial charge in [-0.15, -0.1) is 0 Å². The van der Waals surface area contributed by atoms with Crippen molar-refractivity contribution in [1.82, 2.24) is 9.47 Å². The van der Waals surface area contributed by atoms with Crippen molar-refractivity contribution in [2.75, 3.05) is 26.3 Å². The summed E-state index contributed by atoms with van der Waals surface area (Å²) in [6.07, 6.45) is -3.64. The van der Waals surface area contributed by atoms with Crippen molar-refractivity contribution in [1.29, 1.82) is 0 Å². The van der Waals surface area contributed by atoms with Crippen LogP contribution in [0.2, 0.25) is 25.7 Å². The quantitative estimate of drug-likeness (QED) is 0.147. The number of halogens is 4. The SMILES string of the molecule is CC(OCC1(c2ccc(F)cc2)CCN(C(=O)O)CC1)c1cc(C(F)(F)F)cc2ccn(COCC[Si](C)(C)C)c12. The molecule has 0 radical (unpaired) electrons. The molecule has 0 saturated carbocycles. The number of hydrogen-bond donors (Lipinski definition) is 1. The number of piperidine rings is 1. The van der Waals surface area contributed by atoms with Gasteiger partial charge >= 0.3 is 12.3 Å². The van der Waals surface area contributed by atoms with E-state index >= 15 is 0 Å². The molecule has 1 unspecified atom stereocenters. The molecule has 2 aromatic carbocycles. The molecule has 2 heterocycles. The second-order valence-corrected chi connectivity index (χ2v) is 17.8. The summed E-state index contributed by atoms with van der Waals surface area (Å²) in [6.45, 7) is 9.95. The predicted molar refractivity (Wildman–Crippen MR) is 152 cm³/mol. The monoisotopic (exact) mass is 594 g/mol. The van der Waals surface area contributed by atoms with Crippen LogP contribution in [0.5, 0.6) is 0 Å². The minimum absolute atomic E-state index is 0.137. The number of fused-ring (bicyclic) bond motifs is 1. The van der Waals surface area contributed by atoms with Crippen LogP contribution in [0.15, 0.2) is 48.7 Å². The van der Waals surface area contributed by atoms with Crippen LogP contribution in [0.1, 0.15) is 42.6 Å². The largest absolute Gasteiger partial charge is 0.465 e. The van der Waals surface area contributed by atoms with Crippen LogP contribution in [0.4, 0.5) is 22.4 Å². The Balaban J connectivity index is 1.62. The Morgan fingerprint density at radius 1 is 1.10 bits per heavy atom. The molecule has 1 aliphatic heterocycles. The third-order valence-corrected chi connectivity index (χ3v) is 9.64. The third-order valence-electron chi connectivity index (χ3n) is 7.94. The number of aromatic nitrogens is 1. The number of alkyl halides is 3. The van der Waals surface area contributed by atoms with Gasteiger partial charge in [-0.25, -0.2) is 9.18 Å². The van der Waals surface area contributed by atoms with Crippen LogP contribution in [-0.2, 0) is 27.8 Å². The van der Waals surface area contributed by atoms with Crippen molar-refractivity contribution in [3.05, 3.63) is 71.2 Å². The van der Waals surface area contributed by atoms with Crippen LogP contribution >= 0.6 is 0 Å². The summed E-state index contributed by atoms with van der Waals surface area (Å²) in [5, 5.41) is 9.89. The van der Waals surface area contributed by atoms with Gasteiger partial charge in [-0.2, -0.15) is 13.2 Å². The number of hydrogen-bond acceptors (Lipinski definition) is 3. The van der Waals surface area contributed by atoms with E-state index in [0.717, 1.165) is 23.7 Å². The Labute approximate surface area is 238 Å². The maximum atomic E-state index is 13.9. The lowest BCUT2D eigenvalue weighted by molar-refractivity contribution is -0.137. The van der Waals surface area contributed by atoms with Gasteiger partial charge in [-0.3, -0.25) is 0 Å². The molecule has 6 nitrogen and oxygen atoms in total. The van der Waals surface area contributed by atoms with Gasteiger partial charge in [-0.05, 0) is 61.7 Å². The number of rotatable bonds is 10. The van der Waals surface area contributed by atoms with Crippen LogP contribution in [0.3, 0.4) is 0 Å². The van der Waals surface area contributed by atoms with Gasteiger partial charge in [0.05, 0.1) is 23.8 Å². The lowest BCUT2D eigenvalue weighted by atomic mass is 9.73. The predicted octanol–water partition coefficient (Wildman–Crippen LogP) is 7.90. The highest BCUT2D eigenvalue weighted by atomic mass is 28.3. The molecule has 1 aromatic heterocycles. The summed E-state index contributed by atoms with van der Waals surface area (Å²) < 4.78 is 69.4. The van der Waals surface area contributed by atoms with Crippen LogP contribution < -0.4 is 0 Å². The smallest absolute Gasteiger partial charge is 0.416 e. The topological polar surface area (TPSA) is 63.9 Å². The number of amides is 1. The number of nitrogens with zero attached hydrogens (tertiary/aromatic N) is 2. The number of benzene rings is 2. The third kappa shape index (κ3) is 7.50. The van der Waals surface area contributed by atoms with E-state index < -0.39 is 37.4 Å². The maximum absolute atomic E-state index is 13.9. The fraction of sp³-hybridized carbons (Fsp3) is 0.500.